The van der Waals surface area contributed by atoms with E-state index in [1.54, 1.807) is 11.8 Å². The van der Waals surface area contributed by atoms with Gasteiger partial charge in [-0.15, -0.1) is 0 Å². The number of carboxylic acids is 1. The molecule has 0 radical (unpaired) electrons. The molecular formula is C26H26F4N2O4S. The van der Waals surface area contributed by atoms with Crippen molar-refractivity contribution in [3.05, 3.63) is 64.8 Å². The van der Waals surface area contributed by atoms with Crippen LogP contribution in [0.5, 0.6) is 0 Å². The Hall–Kier alpha value is -3.08. The fourth-order valence-electron chi connectivity index (χ4n) is 5.38. The highest BCUT2D eigenvalue weighted by atomic mass is 32.2. The Kier molecular flexibility index (Phi) is 7.82. The Morgan fingerprint density at radius 2 is 1.81 bits per heavy atom. The van der Waals surface area contributed by atoms with Crippen LogP contribution in [0, 0.1) is 5.92 Å². The van der Waals surface area contributed by atoms with Gasteiger partial charge in [-0.05, 0) is 79.9 Å². The molecular weight excluding hydrogens is 512 g/mol. The lowest BCUT2D eigenvalue weighted by atomic mass is 9.79. The molecule has 2 amide bonds. The van der Waals surface area contributed by atoms with Gasteiger partial charge in [-0.3, -0.25) is 19.3 Å². The Labute approximate surface area is 215 Å². The number of carbonyl (C=O) groups excluding carboxylic acids is 2. The molecule has 2 atom stereocenters. The lowest BCUT2D eigenvalue weighted by Crippen LogP contribution is -2.52. The van der Waals surface area contributed by atoms with Gasteiger partial charge in [0, 0.05) is 47.2 Å². The number of aliphatic carboxylic acids is 1. The largest absolute Gasteiger partial charge is 0.481 e. The zero-order chi connectivity index (χ0) is 26.9. The van der Waals surface area contributed by atoms with Crippen LogP contribution in [0.15, 0.2) is 64.1 Å². The summed E-state index contributed by atoms with van der Waals surface area (Å²) < 4.78 is 52.7. The van der Waals surface area contributed by atoms with Crippen LogP contribution < -0.4 is 0 Å². The number of halogens is 4. The molecule has 1 heterocycles. The van der Waals surface area contributed by atoms with Crippen LogP contribution in [0.4, 0.5) is 17.6 Å². The molecule has 0 spiro atoms. The Bertz CT molecular complexity index is 1190. The van der Waals surface area contributed by atoms with Gasteiger partial charge >= 0.3 is 11.5 Å². The summed E-state index contributed by atoms with van der Waals surface area (Å²) in [6.45, 7) is 2.07. The minimum atomic E-state index is -4.44. The van der Waals surface area contributed by atoms with E-state index in [0.29, 0.717) is 30.8 Å². The number of rotatable bonds is 7. The summed E-state index contributed by atoms with van der Waals surface area (Å²) in [6, 6.07) is 4.67. The van der Waals surface area contributed by atoms with Gasteiger partial charge in [0.25, 0.3) is 5.91 Å². The predicted octanol–water partition coefficient (Wildman–Crippen LogP) is 6.03. The van der Waals surface area contributed by atoms with Gasteiger partial charge in [-0.25, -0.2) is 4.39 Å². The normalized spacial score (nSPS) is 21.2. The standard InChI is InChI=1S/C26H26F4N2O4S/c1-2-31(22(33)12-13-23(34)35)24-18-4-3-5-20(18)32(21-11-8-16(27)14-19(21)24)25(36)15-6-9-17(10-7-15)37-26(28,29)30/h6-11,19,24H,2-5,12-14H2,1H3,(H,34,35)/t19?,24-/m0/s1. The third-order valence-corrected chi connectivity index (χ3v) is 7.55. The van der Waals surface area contributed by atoms with E-state index in [9.17, 15) is 31.9 Å². The van der Waals surface area contributed by atoms with E-state index in [1.807, 2.05) is 0 Å². The van der Waals surface area contributed by atoms with Crippen molar-refractivity contribution in [1.82, 2.24) is 9.80 Å². The molecule has 0 aromatic heterocycles. The molecule has 3 aliphatic rings. The van der Waals surface area contributed by atoms with Crippen molar-refractivity contribution in [3.8, 4) is 0 Å². The van der Waals surface area contributed by atoms with Gasteiger partial charge in [0.1, 0.15) is 5.83 Å². The summed E-state index contributed by atoms with van der Waals surface area (Å²) in [5.74, 6) is -2.81. The molecule has 1 aromatic rings. The number of allylic oxidation sites excluding steroid dienone is 4. The van der Waals surface area contributed by atoms with E-state index < -0.39 is 35.2 Å². The Morgan fingerprint density at radius 3 is 2.43 bits per heavy atom. The van der Waals surface area contributed by atoms with Crippen LogP contribution in [0.1, 0.15) is 55.8 Å². The molecule has 1 N–H and O–H groups in total. The third kappa shape index (κ3) is 5.76. The number of hydrogen-bond donors (Lipinski definition) is 1. The number of amides is 2. The first-order valence-corrected chi connectivity index (χ1v) is 12.8. The average molecular weight is 539 g/mol. The van der Waals surface area contributed by atoms with E-state index in [-0.39, 0.29) is 47.4 Å². The van der Waals surface area contributed by atoms with Crippen LogP contribution >= 0.6 is 11.8 Å². The molecule has 0 bridgehead atoms. The van der Waals surface area contributed by atoms with E-state index in [4.69, 9.17) is 5.11 Å². The molecule has 2 aliphatic carbocycles. The van der Waals surface area contributed by atoms with E-state index in [2.05, 4.69) is 0 Å². The number of benzene rings is 1. The lowest BCUT2D eigenvalue weighted by Gasteiger charge is -2.47. The molecule has 6 nitrogen and oxygen atoms in total. The summed E-state index contributed by atoms with van der Waals surface area (Å²) in [4.78, 5) is 40.9. The maximum Gasteiger partial charge on any atom is 0.446 e. The van der Waals surface area contributed by atoms with Gasteiger partial charge in [0.15, 0.2) is 0 Å². The molecule has 1 aliphatic heterocycles. The summed E-state index contributed by atoms with van der Waals surface area (Å²) in [5, 5.41) is 9.03. The Morgan fingerprint density at radius 1 is 1.11 bits per heavy atom. The first-order valence-electron chi connectivity index (χ1n) is 12.0. The SMILES string of the molecule is CCN(C(=O)CCC(=O)O)[C@H]1C2=C(CCC2)N(C(=O)c2ccc(SC(F)(F)F)cc2)C2=CC=C(F)CC21. The summed E-state index contributed by atoms with van der Waals surface area (Å²) in [7, 11) is 0. The molecule has 1 aromatic carbocycles. The smallest absolute Gasteiger partial charge is 0.446 e. The lowest BCUT2D eigenvalue weighted by molar-refractivity contribution is -0.141. The predicted molar refractivity (Wildman–Crippen MR) is 129 cm³/mol. The third-order valence-electron chi connectivity index (χ3n) is 6.81. The number of nitrogens with zero attached hydrogens (tertiary/aromatic N) is 2. The summed E-state index contributed by atoms with van der Waals surface area (Å²) >= 11 is -0.264. The van der Waals surface area contributed by atoms with Crippen molar-refractivity contribution in [3.63, 3.8) is 0 Å². The second-order valence-corrected chi connectivity index (χ2v) is 10.2. The molecule has 0 fully saturated rings. The summed E-state index contributed by atoms with van der Waals surface area (Å²) in [6.07, 6.45) is 4.17. The Balaban J connectivity index is 1.72. The topological polar surface area (TPSA) is 77.9 Å². The van der Waals surface area contributed by atoms with Gasteiger partial charge < -0.3 is 10.0 Å². The molecule has 198 valence electrons. The zero-order valence-electron chi connectivity index (χ0n) is 20.1. The first kappa shape index (κ1) is 27.0. The number of hydrogen-bond acceptors (Lipinski definition) is 4. The van der Waals surface area contributed by atoms with Gasteiger partial charge in [-0.1, -0.05) is 0 Å². The number of carboxylic acid groups (broad SMARTS) is 1. The van der Waals surface area contributed by atoms with Crippen LogP contribution in [0.3, 0.4) is 0 Å². The maximum absolute atomic E-state index is 14.5. The van der Waals surface area contributed by atoms with Crippen molar-refractivity contribution in [2.75, 3.05) is 6.54 Å². The summed E-state index contributed by atoms with van der Waals surface area (Å²) in [5.41, 5.74) is -2.16. The molecule has 11 heteroatoms. The van der Waals surface area contributed by atoms with E-state index >= 15 is 0 Å². The van der Waals surface area contributed by atoms with Gasteiger partial charge in [0.05, 0.1) is 12.5 Å². The highest BCUT2D eigenvalue weighted by molar-refractivity contribution is 8.00. The number of thioether (sulfide) groups is 1. The number of likely N-dealkylation sites (N-methyl/N-ethyl adjacent to an activating group) is 1. The second kappa shape index (κ2) is 10.7. The van der Waals surface area contributed by atoms with Crippen molar-refractivity contribution in [2.24, 2.45) is 5.92 Å². The fraction of sp³-hybridized carbons (Fsp3) is 0.423. The number of fused-ring (bicyclic) bond motifs is 1. The molecule has 4 rings (SSSR count). The van der Waals surface area contributed by atoms with E-state index in [1.165, 1.54) is 41.3 Å². The van der Waals surface area contributed by atoms with Crippen LogP contribution in [0.25, 0.3) is 0 Å². The van der Waals surface area contributed by atoms with E-state index in [0.717, 1.165) is 12.0 Å². The second-order valence-electron chi connectivity index (χ2n) is 9.07. The zero-order valence-corrected chi connectivity index (χ0v) is 20.9. The van der Waals surface area contributed by atoms with Crippen molar-refractivity contribution in [1.29, 1.82) is 0 Å². The minimum Gasteiger partial charge on any atom is -0.481 e. The van der Waals surface area contributed by atoms with Crippen molar-refractivity contribution >= 4 is 29.5 Å². The number of carbonyl (C=O) groups is 3. The van der Waals surface area contributed by atoms with Gasteiger partial charge in [-0.2, -0.15) is 13.2 Å². The first-order chi connectivity index (χ1) is 17.5. The highest BCUT2D eigenvalue weighted by Crippen LogP contribution is 2.48. The van der Waals surface area contributed by atoms with Crippen molar-refractivity contribution < 1.29 is 37.1 Å². The molecule has 0 saturated heterocycles. The quantitative estimate of drug-likeness (QED) is 0.339. The average Bonchev–Trinajstić information content (AvgIpc) is 3.31. The minimum absolute atomic E-state index is 0.0269. The van der Waals surface area contributed by atoms with Crippen LogP contribution in [0.2, 0.25) is 0 Å². The monoisotopic (exact) mass is 538 g/mol. The fourth-order valence-corrected chi connectivity index (χ4v) is 5.92. The highest BCUT2D eigenvalue weighted by Gasteiger charge is 2.47. The molecule has 37 heavy (non-hydrogen) atoms. The maximum atomic E-state index is 14.5. The van der Waals surface area contributed by atoms with Crippen LogP contribution in [-0.2, 0) is 9.59 Å². The molecule has 1 unspecified atom stereocenters. The van der Waals surface area contributed by atoms with Crippen LogP contribution in [-0.4, -0.2) is 50.8 Å². The van der Waals surface area contributed by atoms with Gasteiger partial charge in [0.2, 0.25) is 5.91 Å². The van der Waals surface area contributed by atoms with Crippen molar-refractivity contribution in [2.45, 2.75) is 61.9 Å². The molecule has 0 saturated carbocycles. The number of alkyl halides is 3.